The van der Waals surface area contributed by atoms with Gasteiger partial charge in [-0.1, -0.05) is 35.9 Å². The minimum atomic E-state index is -0.166. The first kappa shape index (κ1) is 24.8. The van der Waals surface area contributed by atoms with Crippen LogP contribution in [-0.2, 0) is 17.9 Å². The highest BCUT2D eigenvalue weighted by molar-refractivity contribution is 6.30. The molecule has 1 aliphatic rings. The molecule has 6 nitrogen and oxygen atoms in total. The molecule has 2 N–H and O–H groups in total. The van der Waals surface area contributed by atoms with Gasteiger partial charge in [-0.15, -0.1) is 0 Å². The average Bonchev–Trinajstić information content (AvgIpc) is 2.88. The highest BCUT2D eigenvalue weighted by Crippen LogP contribution is 2.21. The molecule has 0 radical (unpaired) electrons. The van der Waals surface area contributed by atoms with E-state index in [1.807, 2.05) is 42.5 Å². The Morgan fingerprint density at radius 2 is 1.69 bits per heavy atom. The second-order valence-corrected chi connectivity index (χ2v) is 9.21. The summed E-state index contributed by atoms with van der Waals surface area (Å²) in [5.41, 5.74) is 3.50. The summed E-state index contributed by atoms with van der Waals surface area (Å²) in [5, 5.41) is 6.62. The number of anilines is 1. The molecule has 0 atom stereocenters. The van der Waals surface area contributed by atoms with E-state index >= 15 is 0 Å². The van der Waals surface area contributed by atoms with Gasteiger partial charge in [-0.2, -0.15) is 0 Å². The van der Waals surface area contributed by atoms with Crippen LogP contribution < -0.4 is 15.4 Å². The lowest BCUT2D eigenvalue weighted by molar-refractivity contribution is -0.126. The van der Waals surface area contributed by atoms with Crippen LogP contribution in [0.25, 0.3) is 0 Å². The lowest BCUT2D eigenvalue weighted by Crippen LogP contribution is -2.40. The van der Waals surface area contributed by atoms with Crippen LogP contribution in [0.5, 0.6) is 5.75 Å². The summed E-state index contributed by atoms with van der Waals surface area (Å²) in [6, 6.07) is 22.5. The van der Waals surface area contributed by atoms with Gasteiger partial charge in [0.25, 0.3) is 5.91 Å². The van der Waals surface area contributed by atoms with Crippen LogP contribution in [-0.4, -0.2) is 36.9 Å². The van der Waals surface area contributed by atoms with Gasteiger partial charge in [0.1, 0.15) is 5.75 Å². The molecule has 0 aromatic heterocycles. The summed E-state index contributed by atoms with van der Waals surface area (Å²) in [7, 11) is 1.64. The summed E-state index contributed by atoms with van der Waals surface area (Å²) >= 11 is 5.90. The van der Waals surface area contributed by atoms with E-state index in [1.54, 1.807) is 31.4 Å². The fraction of sp³-hybridized carbons (Fsp3) is 0.286. The van der Waals surface area contributed by atoms with E-state index in [0.29, 0.717) is 17.1 Å². The van der Waals surface area contributed by atoms with Crippen molar-refractivity contribution in [1.29, 1.82) is 0 Å². The van der Waals surface area contributed by atoms with Crippen molar-refractivity contribution in [3.63, 3.8) is 0 Å². The van der Waals surface area contributed by atoms with Crippen LogP contribution in [0.15, 0.2) is 72.8 Å². The molecule has 4 rings (SSSR count). The van der Waals surface area contributed by atoms with Gasteiger partial charge in [-0.3, -0.25) is 14.5 Å². The number of nitrogens with zero attached hydrogens (tertiary/aromatic N) is 1. The quantitative estimate of drug-likeness (QED) is 0.458. The predicted molar refractivity (Wildman–Crippen MR) is 139 cm³/mol. The number of hydrogen-bond donors (Lipinski definition) is 2. The van der Waals surface area contributed by atoms with Gasteiger partial charge in [-0.05, 0) is 85.6 Å². The van der Waals surface area contributed by atoms with E-state index in [9.17, 15) is 9.59 Å². The highest BCUT2D eigenvalue weighted by atomic mass is 35.5. The molecule has 0 aliphatic carbocycles. The van der Waals surface area contributed by atoms with Crippen LogP contribution >= 0.6 is 11.6 Å². The largest absolute Gasteiger partial charge is 0.497 e. The van der Waals surface area contributed by atoms with Crippen molar-refractivity contribution in [3.8, 4) is 5.75 Å². The van der Waals surface area contributed by atoms with E-state index in [2.05, 4.69) is 21.6 Å². The van der Waals surface area contributed by atoms with Crippen LogP contribution in [0, 0.1) is 5.92 Å². The lowest BCUT2D eigenvalue weighted by atomic mass is 9.95. The fourth-order valence-corrected chi connectivity index (χ4v) is 4.37. The first-order chi connectivity index (χ1) is 17.0. The molecule has 1 heterocycles. The molecule has 1 fully saturated rings. The number of amides is 2. The minimum absolute atomic E-state index is 0.0366. The number of halogens is 1. The van der Waals surface area contributed by atoms with E-state index < -0.39 is 0 Å². The number of carbonyl (C=O) groups is 2. The molecule has 0 bridgehead atoms. The second-order valence-electron chi connectivity index (χ2n) is 8.78. The Labute approximate surface area is 211 Å². The lowest BCUT2D eigenvalue weighted by Gasteiger charge is -2.31. The van der Waals surface area contributed by atoms with Crippen molar-refractivity contribution in [2.75, 3.05) is 25.5 Å². The number of hydrogen-bond acceptors (Lipinski definition) is 4. The van der Waals surface area contributed by atoms with Crippen molar-refractivity contribution in [2.45, 2.75) is 25.9 Å². The molecule has 0 saturated carbocycles. The number of ether oxygens (including phenoxy) is 1. The zero-order valence-corrected chi connectivity index (χ0v) is 20.6. The zero-order chi connectivity index (χ0) is 24.6. The number of rotatable bonds is 8. The third-order valence-electron chi connectivity index (χ3n) is 6.28. The van der Waals surface area contributed by atoms with E-state index in [0.717, 1.165) is 55.0 Å². The van der Waals surface area contributed by atoms with E-state index in [-0.39, 0.29) is 17.7 Å². The maximum atomic E-state index is 12.6. The molecule has 7 heteroatoms. The molecular formula is C28H30ClN3O3. The maximum Gasteiger partial charge on any atom is 0.255 e. The summed E-state index contributed by atoms with van der Waals surface area (Å²) in [5.74, 6) is 0.795. The van der Waals surface area contributed by atoms with Crippen molar-refractivity contribution < 1.29 is 14.3 Å². The highest BCUT2D eigenvalue weighted by Gasteiger charge is 2.24. The Morgan fingerprint density at radius 1 is 0.971 bits per heavy atom. The molecule has 3 aromatic rings. The van der Waals surface area contributed by atoms with Gasteiger partial charge in [0.15, 0.2) is 0 Å². The van der Waals surface area contributed by atoms with Crippen molar-refractivity contribution in [1.82, 2.24) is 10.2 Å². The van der Waals surface area contributed by atoms with Crippen molar-refractivity contribution >= 4 is 29.1 Å². The molecule has 1 saturated heterocycles. The Kier molecular flexibility index (Phi) is 8.40. The number of nitrogens with one attached hydrogen (secondary N) is 2. The predicted octanol–water partition coefficient (Wildman–Crippen LogP) is 5.13. The molecule has 1 aliphatic heterocycles. The smallest absolute Gasteiger partial charge is 0.255 e. The molecule has 0 unspecified atom stereocenters. The average molecular weight is 492 g/mol. The number of likely N-dealkylation sites (tertiary alicyclic amines) is 1. The van der Waals surface area contributed by atoms with Gasteiger partial charge in [0, 0.05) is 35.3 Å². The number of carbonyl (C=O) groups excluding carboxylic acids is 2. The van der Waals surface area contributed by atoms with E-state index in [4.69, 9.17) is 16.3 Å². The molecular weight excluding hydrogens is 462 g/mol. The minimum Gasteiger partial charge on any atom is -0.497 e. The SMILES string of the molecule is COc1ccc(CNC(=O)C2CCN(Cc3cccc(NC(=O)c4ccc(Cl)cc4)c3)CC2)cc1. The first-order valence-electron chi connectivity index (χ1n) is 11.8. The summed E-state index contributed by atoms with van der Waals surface area (Å²) in [6.07, 6.45) is 1.67. The summed E-state index contributed by atoms with van der Waals surface area (Å²) in [4.78, 5) is 27.5. The molecule has 3 aromatic carbocycles. The zero-order valence-electron chi connectivity index (χ0n) is 19.8. The number of benzene rings is 3. The number of piperidine rings is 1. The first-order valence-corrected chi connectivity index (χ1v) is 12.2. The molecule has 0 spiro atoms. The third-order valence-corrected chi connectivity index (χ3v) is 6.53. The van der Waals surface area contributed by atoms with Gasteiger partial charge in [-0.25, -0.2) is 0 Å². The van der Waals surface area contributed by atoms with Gasteiger partial charge >= 0.3 is 0 Å². The normalized spacial score (nSPS) is 14.3. The van der Waals surface area contributed by atoms with Crippen LogP contribution in [0.4, 0.5) is 5.69 Å². The Morgan fingerprint density at radius 3 is 2.37 bits per heavy atom. The van der Waals surface area contributed by atoms with Gasteiger partial charge < -0.3 is 15.4 Å². The van der Waals surface area contributed by atoms with Crippen molar-refractivity contribution in [2.24, 2.45) is 5.92 Å². The Balaban J connectivity index is 1.23. The fourth-order valence-electron chi connectivity index (χ4n) is 4.24. The number of methoxy groups -OCH3 is 1. The van der Waals surface area contributed by atoms with Crippen LogP contribution in [0.2, 0.25) is 5.02 Å². The second kappa shape index (κ2) is 11.9. The standard InChI is InChI=1S/C28H30ClN3O3/c1-35-26-11-5-20(6-12-26)18-30-27(33)23-13-15-32(16-14-23)19-21-3-2-4-25(17-21)31-28(34)22-7-9-24(29)10-8-22/h2-12,17,23H,13-16,18-19H2,1H3,(H,30,33)(H,31,34). The molecule has 2 amide bonds. The van der Waals surface area contributed by atoms with Crippen molar-refractivity contribution in [3.05, 3.63) is 94.5 Å². The van der Waals surface area contributed by atoms with E-state index in [1.165, 1.54) is 0 Å². The van der Waals surface area contributed by atoms with Gasteiger partial charge in [0.2, 0.25) is 5.91 Å². The van der Waals surface area contributed by atoms with Gasteiger partial charge in [0.05, 0.1) is 7.11 Å². The third kappa shape index (κ3) is 7.07. The Hall–Kier alpha value is -3.35. The molecule has 182 valence electrons. The van der Waals surface area contributed by atoms with Crippen LogP contribution in [0.3, 0.4) is 0 Å². The maximum absolute atomic E-state index is 12.6. The van der Waals surface area contributed by atoms with Crippen LogP contribution in [0.1, 0.15) is 34.3 Å². The molecule has 35 heavy (non-hydrogen) atoms. The Bertz CT molecular complexity index is 1140. The summed E-state index contributed by atoms with van der Waals surface area (Å²) in [6.45, 7) is 3.03. The monoisotopic (exact) mass is 491 g/mol. The summed E-state index contributed by atoms with van der Waals surface area (Å²) < 4.78 is 5.17. The topological polar surface area (TPSA) is 70.7 Å².